The van der Waals surface area contributed by atoms with Crippen molar-refractivity contribution in [3.8, 4) is 0 Å². The smallest absolute Gasteiger partial charge is 0.269 e. The van der Waals surface area contributed by atoms with Crippen molar-refractivity contribution in [2.75, 3.05) is 0 Å². The van der Waals surface area contributed by atoms with Crippen LogP contribution in [0, 0.1) is 25.7 Å². The molecule has 1 amide bonds. The molecule has 1 fully saturated rings. The van der Waals surface area contributed by atoms with Gasteiger partial charge in [-0.15, -0.1) is 0 Å². The lowest BCUT2D eigenvalue weighted by Gasteiger charge is -2.35. The topological polar surface area (TPSA) is 53.2 Å². The summed E-state index contributed by atoms with van der Waals surface area (Å²) in [5.74, 6) is 1.11. The molecule has 0 radical (unpaired) electrons. The number of nitrogens with one attached hydrogen (secondary N) is 3. The lowest BCUT2D eigenvalue weighted by atomic mass is 9.78. The van der Waals surface area contributed by atoms with E-state index in [2.05, 4.69) is 30.0 Å². The van der Waals surface area contributed by atoms with Gasteiger partial charge in [-0.3, -0.25) is 15.6 Å². The van der Waals surface area contributed by atoms with Gasteiger partial charge in [0.15, 0.2) is 5.11 Å². The molecule has 3 atom stereocenters. The lowest BCUT2D eigenvalue weighted by molar-refractivity contribution is 0.0943. The van der Waals surface area contributed by atoms with E-state index in [9.17, 15) is 4.79 Å². The molecule has 0 unspecified atom stereocenters. The van der Waals surface area contributed by atoms with E-state index >= 15 is 0 Å². The minimum Gasteiger partial charge on any atom is -0.358 e. The van der Waals surface area contributed by atoms with Gasteiger partial charge in [-0.25, -0.2) is 0 Å². The number of benzene rings is 1. The van der Waals surface area contributed by atoms with Gasteiger partial charge in [0.25, 0.3) is 5.91 Å². The Hall–Kier alpha value is -1.62. The maximum atomic E-state index is 12.2. The number of thiocarbonyl (C=S) groups is 1. The molecule has 0 spiro atoms. The Morgan fingerprint density at radius 2 is 1.87 bits per heavy atom. The maximum Gasteiger partial charge on any atom is 0.269 e. The first-order valence-electron chi connectivity index (χ1n) is 8.32. The van der Waals surface area contributed by atoms with Gasteiger partial charge in [0, 0.05) is 11.6 Å². The van der Waals surface area contributed by atoms with E-state index in [-0.39, 0.29) is 5.91 Å². The second kappa shape index (κ2) is 7.77. The van der Waals surface area contributed by atoms with Crippen molar-refractivity contribution in [1.29, 1.82) is 0 Å². The van der Waals surface area contributed by atoms with Crippen molar-refractivity contribution in [3.05, 3.63) is 34.9 Å². The first-order chi connectivity index (χ1) is 10.9. The maximum absolute atomic E-state index is 12.2. The third-order valence-electron chi connectivity index (χ3n) is 5.08. The molecule has 1 aliphatic rings. The zero-order valence-electron chi connectivity index (χ0n) is 14.4. The fourth-order valence-electron chi connectivity index (χ4n) is 3.06. The van der Waals surface area contributed by atoms with Crippen LogP contribution in [0.15, 0.2) is 18.2 Å². The van der Waals surface area contributed by atoms with Gasteiger partial charge >= 0.3 is 0 Å². The molecule has 0 aliphatic heterocycles. The molecule has 126 valence electrons. The summed E-state index contributed by atoms with van der Waals surface area (Å²) in [5.41, 5.74) is 8.39. The number of carbonyl (C=O) groups is 1. The van der Waals surface area contributed by atoms with Gasteiger partial charge < -0.3 is 5.32 Å². The highest BCUT2D eigenvalue weighted by molar-refractivity contribution is 7.80. The van der Waals surface area contributed by atoms with Crippen LogP contribution >= 0.6 is 12.2 Å². The van der Waals surface area contributed by atoms with Crippen molar-refractivity contribution in [1.82, 2.24) is 16.2 Å². The molecule has 0 heterocycles. The van der Waals surface area contributed by atoms with Crippen LogP contribution in [-0.2, 0) is 0 Å². The summed E-state index contributed by atoms with van der Waals surface area (Å²) in [7, 11) is 0. The van der Waals surface area contributed by atoms with Crippen molar-refractivity contribution in [2.24, 2.45) is 11.8 Å². The summed E-state index contributed by atoms with van der Waals surface area (Å²) in [5, 5.41) is 3.81. The van der Waals surface area contributed by atoms with Gasteiger partial charge in [0.05, 0.1) is 0 Å². The summed E-state index contributed by atoms with van der Waals surface area (Å²) in [4.78, 5) is 12.2. The van der Waals surface area contributed by atoms with Crippen LogP contribution in [0.25, 0.3) is 0 Å². The standard InChI is InChI=1S/C18H27N3OS/c1-11-8-9-15(10-13(11)3)17(22)20-21-18(23)19-16-7-5-6-12(2)14(16)4/h8-10,12,14,16H,5-7H2,1-4H3,(H,20,22)(H2,19,21,23)/t12-,14+,16-/m1/s1. The Morgan fingerprint density at radius 1 is 1.13 bits per heavy atom. The van der Waals surface area contributed by atoms with Gasteiger partial charge in [0.1, 0.15) is 0 Å². The first-order valence-corrected chi connectivity index (χ1v) is 8.73. The molecule has 0 saturated heterocycles. The van der Waals surface area contributed by atoms with E-state index in [1.165, 1.54) is 18.4 Å². The molecule has 2 rings (SSSR count). The predicted octanol–water partition coefficient (Wildman–Crippen LogP) is 3.24. The van der Waals surface area contributed by atoms with Gasteiger partial charge in [-0.05, 0) is 67.6 Å². The molecule has 1 aromatic carbocycles. The minimum absolute atomic E-state index is 0.178. The normalized spacial score (nSPS) is 23.9. The monoisotopic (exact) mass is 333 g/mol. The minimum atomic E-state index is -0.178. The number of hydrogen-bond donors (Lipinski definition) is 3. The Labute approximate surface area is 144 Å². The number of amides is 1. The number of aryl methyl sites for hydroxylation is 2. The Balaban J connectivity index is 1.84. The average Bonchev–Trinajstić information content (AvgIpc) is 2.52. The molecule has 1 aromatic rings. The molecule has 5 heteroatoms. The van der Waals surface area contributed by atoms with Crippen molar-refractivity contribution >= 4 is 23.2 Å². The van der Waals surface area contributed by atoms with Crippen LogP contribution in [0.2, 0.25) is 0 Å². The van der Waals surface area contributed by atoms with Crippen molar-refractivity contribution < 1.29 is 4.79 Å². The highest BCUT2D eigenvalue weighted by Gasteiger charge is 2.27. The van der Waals surface area contributed by atoms with E-state index < -0.39 is 0 Å². The number of rotatable bonds is 2. The molecule has 0 aromatic heterocycles. The lowest BCUT2D eigenvalue weighted by Crippen LogP contribution is -2.52. The van der Waals surface area contributed by atoms with Gasteiger partial charge in [-0.2, -0.15) is 0 Å². The summed E-state index contributed by atoms with van der Waals surface area (Å²) >= 11 is 5.30. The summed E-state index contributed by atoms with van der Waals surface area (Å²) in [6, 6.07) is 6.03. The zero-order valence-corrected chi connectivity index (χ0v) is 15.2. The number of hydrogen-bond acceptors (Lipinski definition) is 2. The second-order valence-electron chi connectivity index (χ2n) is 6.73. The average molecular weight is 334 g/mol. The van der Waals surface area contributed by atoms with Crippen LogP contribution in [0.3, 0.4) is 0 Å². The van der Waals surface area contributed by atoms with E-state index in [0.717, 1.165) is 12.0 Å². The number of carbonyl (C=O) groups excluding carboxylic acids is 1. The van der Waals surface area contributed by atoms with E-state index in [4.69, 9.17) is 12.2 Å². The molecular weight excluding hydrogens is 306 g/mol. The molecule has 4 nitrogen and oxygen atoms in total. The Kier molecular flexibility index (Phi) is 5.99. The summed E-state index contributed by atoms with van der Waals surface area (Å²) in [6.45, 7) is 8.58. The van der Waals surface area contributed by atoms with Crippen LogP contribution in [0.5, 0.6) is 0 Å². The van der Waals surface area contributed by atoms with Crippen molar-refractivity contribution in [2.45, 2.75) is 53.0 Å². The third kappa shape index (κ3) is 4.67. The molecule has 1 aliphatic carbocycles. The number of hydrazine groups is 1. The Morgan fingerprint density at radius 3 is 2.57 bits per heavy atom. The van der Waals surface area contributed by atoms with Gasteiger partial charge in [-0.1, -0.05) is 32.8 Å². The van der Waals surface area contributed by atoms with Crippen LogP contribution in [-0.4, -0.2) is 17.1 Å². The largest absolute Gasteiger partial charge is 0.358 e. The van der Waals surface area contributed by atoms with E-state index in [1.54, 1.807) is 0 Å². The quantitative estimate of drug-likeness (QED) is 0.574. The third-order valence-corrected chi connectivity index (χ3v) is 5.30. The summed E-state index contributed by atoms with van der Waals surface area (Å²) in [6.07, 6.45) is 3.63. The predicted molar refractivity (Wildman–Crippen MR) is 98.2 cm³/mol. The van der Waals surface area contributed by atoms with E-state index in [1.807, 2.05) is 32.0 Å². The van der Waals surface area contributed by atoms with Crippen LogP contribution in [0.1, 0.15) is 54.6 Å². The van der Waals surface area contributed by atoms with Crippen molar-refractivity contribution in [3.63, 3.8) is 0 Å². The van der Waals surface area contributed by atoms with Crippen LogP contribution < -0.4 is 16.2 Å². The van der Waals surface area contributed by atoms with Crippen LogP contribution in [0.4, 0.5) is 0 Å². The fraction of sp³-hybridized carbons (Fsp3) is 0.556. The summed E-state index contributed by atoms with van der Waals surface area (Å²) < 4.78 is 0. The fourth-order valence-corrected chi connectivity index (χ4v) is 3.26. The second-order valence-corrected chi connectivity index (χ2v) is 7.13. The molecule has 1 saturated carbocycles. The van der Waals surface area contributed by atoms with E-state index in [0.29, 0.717) is 28.6 Å². The first kappa shape index (κ1) is 17.7. The zero-order chi connectivity index (χ0) is 17.0. The molecule has 23 heavy (non-hydrogen) atoms. The highest BCUT2D eigenvalue weighted by Crippen LogP contribution is 2.29. The SMILES string of the molecule is Cc1ccc(C(=O)NNC(=S)N[C@@H]2CCC[C@@H](C)[C@@H]2C)cc1C. The highest BCUT2D eigenvalue weighted by atomic mass is 32.1. The molecule has 3 N–H and O–H groups in total. The molecule has 0 bridgehead atoms. The van der Waals surface area contributed by atoms with Gasteiger partial charge in [0.2, 0.25) is 0 Å². The Bertz CT molecular complexity index is 588. The molecular formula is C18H27N3OS.